The smallest absolute Gasteiger partial charge is 0.0396 e. The van der Waals surface area contributed by atoms with E-state index in [4.69, 9.17) is 0 Å². The summed E-state index contributed by atoms with van der Waals surface area (Å²) in [7, 11) is 0. The monoisotopic (exact) mass is 190 g/mol. The van der Waals surface area contributed by atoms with Crippen molar-refractivity contribution in [2.24, 2.45) is 0 Å². The molecule has 1 heterocycles. The minimum atomic E-state index is 0.943. The van der Waals surface area contributed by atoms with E-state index in [2.05, 4.69) is 29.0 Å². The van der Waals surface area contributed by atoms with Crippen molar-refractivity contribution in [2.45, 2.75) is 27.2 Å². The number of aryl methyl sites for hydroxylation is 2. The van der Waals surface area contributed by atoms with E-state index in [0.29, 0.717) is 0 Å². The largest absolute Gasteiger partial charge is 0.385 e. The summed E-state index contributed by atoms with van der Waals surface area (Å²) in [5.41, 5.74) is 4.47. The highest BCUT2D eigenvalue weighted by Crippen LogP contribution is 2.10. The second kappa shape index (κ2) is 4.80. The van der Waals surface area contributed by atoms with Gasteiger partial charge in [-0.3, -0.25) is 4.98 Å². The van der Waals surface area contributed by atoms with Gasteiger partial charge in [0.1, 0.15) is 0 Å². The molecule has 1 aromatic heterocycles. The highest BCUT2D eigenvalue weighted by Gasteiger charge is 1.95. The highest BCUT2D eigenvalue weighted by atomic mass is 14.9. The molecule has 0 saturated carbocycles. The number of hydrogen-bond donors (Lipinski definition) is 1. The first-order chi connectivity index (χ1) is 6.58. The Morgan fingerprint density at radius 2 is 1.93 bits per heavy atom. The van der Waals surface area contributed by atoms with E-state index < -0.39 is 0 Å². The molecule has 0 unspecified atom stereocenters. The predicted octanol–water partition coefficient (Wildman–Crippen LogP) is 3.08. The van der Waals surface area contributed by atoms with Gasteiger partial charge in [0.2, 0.25) is 0 Å². The van der Waals surface area contributed by atoms with Gasteiger partial charge in [0.15, 0.2) is 0 Å². The maximum Gasteiger partial charge on any atom is 0.0396 e. The van der Waals surface area contributed by atoms with Crippen LogP contribution in [0, 0.1) is 13.8 Å². The lowest BCUT2D eigenvalue weighted by Gasteiger charge is -2.07. The summed E-state index contributed by atoms with van der Waals surface area (Å²) in [5, 5.41) is 3.36. The molecule has 0 saturated heterocycles. The number of rotatable bonds is 4. The third-order valence-electron chi connectivity index (χ3n) is 1.96. The van der Waals surface area contributed by atoms with Crippen molar-refractivity contribution < 1.29 is 0 Å². The fourth-order valence-corrected chi connectivity index (χ4v) is 1.36. The Bertz CT molecular complexity index is 309. The van der Waals surface area contributed by atoms with Crippen molar-refractivity contribution in [3.8, 4) is 0 Å². The molecule has 0 aliphatic rings. The lowest BCUT2D eigenvalue weighted by Crippen LogP contribution is -2.02. The van der Waals surface area contributed by atoms with Gasteiger partial charge in [-0.25, -0.2) is 0 Å². The molecule has 14 heavy (non-hydrogen) atoms. The van der Waals surface area contributed by atoms with Crippen molar-refractivity contribution in [1.29, 1.82) is 0 Å². The molecular formula is C12H18N2. The zero-order chi connectivity index (χ0) is 10.6. The molecule has 1 N–H and O–H groups in total. The Morgan fingerprint density at radius 1 is 1.36 bits per heavy atom. The molecule has 0 aliphatic heterocycles. The van der Waals surface area contributed by atoms with Gasteiger partial charge in [-0.15, -0.1) is 6.58 Å². The minimum absolute atomic E-state index is 0.943. The van der Waals surface area contributed by atoms with E-state index in [9.17, 15) is 0 Å². The van der Waals surface area contributed by atoms with Crippen LogP contribution in [0.25, 0.3) is 0 Å². The lowest BCUT2D eigenvalue weighted by molar-refractivity contribution is 0.997. The molecule has 0 radical (unpaired) electrons. The van der Waals surface area contributed by atoms with Crippen LogP contribution in [0.2, 0.25) is 0 Å². The number of pyridine rings is 1. The van der Waals surface area contributed by atoms with Crippen LogP contribution in [0.15, 0.2) is 24.3 Å². The molecular weight excluding hydrogens is 172 g/mol. The Balaban J connectivity index is 2.54. The summed E-state index contributed by atoms with van der Waals surface area (Å²) in [4.78, 5) is 4.32. The van der Waals surface area contributed by atoms with Crippen LogP contribution in [-0.2, 0) is 0 Å². The number of anilines is 1. The summed E-state index contributed by atoms with van der Waals surface area (Å²) in [6, 6.07) is 4.12. The van der Waals surface area contributed by atoms with Gasteiger partial charge in [0.05, 0.1) is 0 Å². The Labute approximate surface area is 86.1 Å². The van der Waals surface area contributed by atoms with Crippen molar-refractivity contribution >= 4 is 5.69 Å². The third kappa shape index (κ3) is 3.60. The van der Waals surface area contributed by atoms with E-state index >= 15 is 0 Å². The second-order valence-electron chi connectivity index (χ2n) is 3.77. The topological polar surface area (TPSA) is 24.9 Å². The summed E-state index contributed by atoms with van der Waals surface area (Å²) in [5.74, 6) is 0. The average Bonchev–Trinajstić information content (AvgIpc) is 2.01. The molecule has 0 spiro atoms. The number of nitrogens with zero attached hydrogens (tertiary/aromatic N) is 1. The van der Waals surface area contributed by atoms with Gasteiger partial charge in [0, 0.05) is 23.6 Å². The summed E-state index contributed by atoms with van der Waals surface area (Å²) in [6.45, 7) is 10.9. The third-order valence-corrected chi connectivity index (χ3v) is 1.96. The highest BCUT2D eigenvalue weighted by molar-refractivity contribution is 5.45. The van der Waals surface area contributed by atoms with Gasteiger partial charge < -0.3 is 5.32 Å². The molecule has 0 bridgehead atoms. The van der Waals surface area contributed by atoms with Crippen LogP contribution in [0.5, 0.6) is 0 Å². The minimum Gasteiger partial charge on any atom is -0.385 e. The summed E-state index contributed by atoms with van der Waals surface area (Å²) < 4.78 is 0. The van der Waals surface area contributed by atoms with Gasteiger partial charge in [-0.1, -0.05) is 5.57 Å². The molecule has 2 nitrogen and oxygen atoms in total. The number of aromatic nitrogens is 1. The molecule has 76 valence electrons. The average molecular weight is 190 g/mol. The van der Waals surface area contributed by atoms with Crippen molar-refractivity contribution in [3.05, 3.63) is 35.7 Å². The van der Waals surface area contributed by atoms with E-state index in [1.54, 1.807) is 0 Å². The maximum absolute atomic E-state index is 4.32. The van der Waals surface area contributed by atoms with E-state index in [0.717, 1.165) is 30.0 Å². The predicted molar refractivity (Wildman–Crippen MR) is 61.6 cm³/mol. The molecule has 1 aromatic rings. The molecule has 0 aliphatic carbocycles. The van der Waals surface area contributed by atoms with Crippen LogP contribution in [0.3, 0.4) is 0 Å². The SMILES string of the molecule is C=C(C)CCNc1cc(C)nc(C)c1. The first-order valence-electron chi connectivity index (χ1n) is 4.91. The standard InChI is InChI=1S/C12H18N2/c1-9(2)5-6-13-12-7-10(3)14-11(4)8-12/h7-8H,1,5-6H2,2-4H3,(H,13,14). The first-order valence-corrected chi connectivity index (χ1v) is 4.91. The van der Waals surface area contributed by atoms with Crippen molar-refractivity contribution in [3.63, 3.8) is 0 Å². The van der Waals surface area contributed by atoms with E-state index in [1.165, 1.54) is 5.57 Å². The molecule has 0 fully saturated rings. The van der Waals surface area contributed by atoms with Gasteiger partial charge >= 0.3 is 0 Å². The Kier molecular flexibility index (Phi) is 3.69. The van der Waals surface area contributed by atoms with Crippen LogP contribution >= 0.6 is 0 Å². The summed E-state index contributed by atoms with van der Waals surface area (Å²) >= 11 is 0. The van der Waals surface area contributed by atoms with Gasteiger partial charge in [-0.2, -0.15) is 0 Å². The molecule has 0 aromatic carbocycles. The van der Waals surface area contributed by atoms with E-state index in [1.807, 2.05) is 20.8 Å². The lowest BCUT2D eigenvalue weighted by atomic mass is 10.2. The molecule has 0 atom stereocenters. The quantitative estimate of drug-likeness (QED) is 0.738. The van der Waals surface area contributed by atoms with Crippen LogP contribution in [-0.4, -0.2) is 11.5 Å². The van der Waals surface area contributed by atoms with Gasteiger partial charge in [-0.05, 0) is 39.3 Å². The van der Waals surface area contributed by atoms with Crippen LogP contribution < -0.4 is 5.32 Å². The van der Waals surface area contributed by atoms with Crippen molar-refractivity contribution in [2.75, 3.05) is 11.9 Å². The molecule has 0 amide bonds. The maximum atomic E-state index is 4.32. The fraction of sp³-hybridized carbons (Fsp3) is 0.417. The van der Waals surface area contributed by atoms with Gasteiger partial charge in [0.25, 0.3) is 0 Å². The van der Waals surface area contributed by atoms with Crippen LogP contribution in [0.1, 0.15) is 24.7 Å². The summed E-state index contributed by atoms with van der Waals surface area (Å²) in [6.07, 6.45) is 1.01. The number of nitrogens with one attached hydrogen (secondary N) is 1. The number of hydrogen-bond acceptors (Lipinski definition) is 2. The fourth-order valence-electron chi connectivity index (χ4n) is 1.36. The molecule has 1 rings (SSSR count). The van der Waals surface area contributed by atoms with Crippen molar-refractivity contribution in [1.82, 2.24) is 4.98 Å². The zero-order valence-electron chi connectivity index (χ0n) is 9.22. The zero-order valence-corrected chi connectivity index (χ0v) is 9.22. The first kappa shape index (κ1) is 10.8. The normalized spacial score (nSPS) is 9.93. The second-order valence-corrected chi connectivity index (χ2v) is 3.77. The Hall–Kier alpha value is -1.31. The Morgan fingerprint density at radius 3 is 2.43 bits per heavy atom. The molecule has 2 heteroatoms. The van der Waals surface area contributed by atoms with Crippen LogP contribution in [0.4, 0.5) is 5.69 Å². The van der Waals surface area contributed by atoms with E-state index in [-0.39, 0.29) is 0 Å².